The molecule has 170 valence electrons. The summed E-state index contributed by atoms with van der Waals surface area (Å²) in [6, 6.07) is 18.4. The fraction of sp³-hybridized carbons (Fsp3) is 0.379. The van der Waals surface area contributed by atoms with Crippen molar-refractivity contribution in [3.63, 3.8) is 0 Å². The smallest absolute Gasteiger partial charge is 0.222 e. The Balaban J connectivity index is 1.30. The lowest BCUT2D eigenvalue weighted by molar-refractivity contribution is -0.132. The summed E-state index contributed by atoms with van der Waals surface area (Å²) in [6.07, 6.45) is 9.72. The molecule has 1 saturated carbocycles. The molecule has 0 spiro atoms. The molecule has 1 amide bonds. The molecule has 0 bridgehead atoms. The maximum Gasteiger partial charge on any atom is 0.222 e. The van der Waals surface area contributed by atoms with E-state index < -0.39 is 0 Å². The van der Waals surface area contributed by atoms with Gasteiger partial charge in [0.15, 0.2) is 0 Å². The van der Waals surface area contributed by atoms with Gasteiger partial charge in [-0.25, -0.2) is 4.98 Å². The van der Waals surface area contributed by atoms with Gasteiger partial charge in [-0.3, -0.25) is 4.79 Å². The van der Waals surface area contributed by atoms with Gasteiger partial charge in [-0.2, -0.15) is 0 Å². The molecule has 0 N–H and O–H groups in total. The number of carbonyl (C=O) groups is 1. The van der Waals surface area contributed by atoms with Crippen LogP contribution in [0.2, 0.25) is 0 Å². The van der Waals surface area contributed by atoms with Gasteiger partial charge in [-0.1, -0.05) is 48.5 Å². The van der Waals surface area contributed by atoms with Crippen molar-refractivity contribution >= 4 is 22.9 Å². The lowest BCUT2D eigenvalue weighted by Crippen LogP contribution is -2.38. The van der Waals surface area contributed by atoms with Gasteiger partial charge in [0.1, 0.15) is 12.4 Å². The Hall–Kier alpha value is -3.14. The van der Waals surface area contributed by atoms with Gasteiger partial charge in [-0.15, -0.1) is 0 Å². The summed E-state index contributed by atoms with van der Waals surface area (Å²) in [6.45, 7) is 4.37. The number of hydrogen-bond donors (Lipinski definition) is 0. The van der Waals surface area contributed by atoms with Crippen molar-refractivity contribution in [1.82, 2.24) is 9.88 Å². The molecule has 1 aliphatic heterocycles. The van der Waals surface area contributed by atoms with Crippen LogP contribution in [0.25, 0.3) is 17.0 Å². The third-order valence-electron chi connectivity index (χ3n) is 6.92. The van der Waals surface area contributed by atoms with Crippen molar-refractivity contribution in [3.8, 4) is 5.75 Å². The van der Waals surface area contributed by atoms with Crippen LogP contribution in [0.4, 0.5) is 0 Å². The second-order valence-corrected chi connectivity index (χ2v) is 9.47. The number of fused-ring (bicyclic) bond motifs is 1. The SMILES string of the molecule is Cc1c(C=CC2CCN(C(=O)CC3CC3)CC2)nc2ccccc2c1OCc1ccccc1. The first-order chi connectivity index (χ1) is 16.2. The van der Waals surface area contributed by atoms with Gasteiger partial charge in [-0.05, 0) is 68.2 Å². The Morgan fingerprint density at radius 1 is 1.03 bits per heavy atom. The van der Waals surface area contributed by atoms with Gasteiger partial charge in [0.25, 0.3) is 0 Å². The maximum atomic E-state index is 12.4. The number of rotatable bonds is 7. The molecule has 1 saturated heterocycles. The number of ether oxygens (including phenoxy) is 1. The molecule has 5 rings (SSSR count). The Labute approximate surface area is 196 Å². The molecule has 3 aromatic rings. The van der Waals surface area contributed by atoms with Crippen LogP contribution >= 0.6 is 0 Å². The molecule has 2 heterocycles. The van der Waals surface area contributed by atoms with Crippen LogP contribution in [0.15, 0.2) is 60.7 Å². The zero-order valence-corrected chi connectivity index (χ0v) is 19.4. The minimum atomic E-state index is 0.354. The number of allylic oxidation sites excluding steroid dienone is 1. The minimum absolute atomic E-state index is 0.354. The lowest BCUT2D eigenvalue weighted by atomic mass is 9.95. The van der Waals surface area contributed by atoms with Gasteiger partial charge >= 0.3 is 0 Å². The second-order valence-electron chi connectivity index (χ2n) is 9.47. The fourth-order valence-corrected chi connectivity index (χ4v) is 4.64. The Bertz CT molecular complexity index is 1140. The Morgan fingerprint density at radius 2 is 1.76 bits per heavy atom. The van der Waals surface area contributed by atoms with Crippen LogP contribution in [-0.2, 0) is 11.4 Å². The molecule has 2 aliphatic rings. The average molecular weight is 441 g/mol. The van der Waals surface area contributed by atoms with Gasteiger partial charge in [0.05, 0.1) is 11.2 Å². The highest BCUT2D eigenvalue weighted by molar-refractivity contribution is 5.88. The summed E-state index contributed by atoms with van der Waals surface area (Å²) >= 11 is 0. The standard InChI is InChI=1S/C29H32N2O2/c1-21-26(14-13-22-15-17-31(18-16-22)28(32)19-23-11-12-23)30-27-10-6-5-9-25(27)29(21)33-20-24-7-3-2-4-8-24/h2-10,13-14,22-23H,11-12,15-20H2,1H3. The van der Waals surface area contributed by atoms with Crippen LogP contribution < -0.4 is 4.74 Å². The van der Waals surface area contributed by atoms with Crippen molar-refractivity contribution in [1.29, 1.82) is 0 Å². The summed E-state index contributed by atoms with van der Waals surface area (Å²) in [5, 5.41) is 1.05. The summed E-state index contributed by atoms with van der Waals surface area (Å²) in [5.74, 6) is 2.41. The topological polar surface area (TPSA) is 42.4 Å². The molecule has 0 radical (unpaired) electrons. The van der Waals surface area contributed by atoms with Gasteiger partial charge in [0, 0.05) is 30.5 Å². The van der Waals surface area contributed by atoms with E-state index in [1.54, 1.807) is 0 Å². The van der Waals surface area contributed by atoms with E-state index in [2.05, 4.69) is 42.2 Å². The van der Waals surface area contributed by atoms with E-state index in [4.69, 9.17) is 9.72 Å². The summed E-state index contributed by atoms with van der Waals surface area (Å²) < 4.78 is 6.33. The van der Waals surface area contributed by atoms with Crippen LogP contribution in [0.3, 0.4) is 0 Å². The van der Waals surface area contributed by atoms with E-state index in [0.717, 1.165) is 65.8 Å². The number of pyridine rings is 1. The average Bonchev–Trinajstić information content (AvgIpc) is 3.67. The van der Waals surface area contributed by atoms with E-state index in [0.29, 0.717) is 24.3 Å². The van der Waals surface area contributed by atoms with Crippen molar-refractivity contribution in [2.45, 2.75) is 45.6 Å². The number of likely N-dealkylation sites (tertiary alicyclic amines) is 1. The maximum absolute atomic E-state index is 12.4. The molecular weight excluding hydrogens is 408 g/mol. The van der Waals surface area contributed by atoms with Crippen molar-refractivity contribution in [2.75, 3.05) is 13.1 Å². The number of benzene rings is 2. The van der Waals surface area contributed by atoms with Crippen LogP contribution in [-0.4, -0.2) is 28.9 Å². The summed E-state index contributed by atoms with van der Waals surface area (Å²) in [4.78, 5) is 19.4. The number of amides is 1. The molecular formula is C29H32N2O2. The van der Waals surface area contributed by atoms with E-state index in [1.165, 1.54) is 12.8 Å². The molecule has 0 unspecified atom stereocenters. The molecule has 2 fully saturated rings. The molecule has 33 heavy (non-hydrogen) atoms. The molecule has 1 aromatic heterocycles. The van der Waals surface area contributed by atoms with Gasteiger partial charge < -0.3 is 9.64 Å². The molecule has 4 nitrogen and oxygen atoms in total. The summed E-state index contributed by atoms with van der Waals surface area (Å²) in [5.41, 5.74) is 4.13. The number of para-hydroxylation sites is 1. The first kappa shape index (κ1) is 21.7. The van der Waals surface area contributed by atoms with Crippen molar-refractivity contribution in [3.05, 3.63) is 77.5 Å². The Kier molecular flexibility index (Phi) is 6.43. The third-order valence-corrected chi connectivity index (χ3v) is 6.92. The first-order valence-corrected chi connectivity index (χ1v) is 12.2. The number of aromatic nitrogens is 1. The number of nitrogens with zero attached hydrogens (tertiary/aromatic N) is 2. The lowest BCUT2D eigenvalue weighted by Gasteiger charge is -2.31. The zero-order chi connectivity index (χ0) is 22.6. The minimum Gasteiger partial charge on any atom is -0.488 e. The quantitative estimate of drug-likeness (QED) is 0.441. The van der Waals surface area contributed by atoms with E-state index in [-0.39, 0.29) is 0 Å². The monoisotopic (exact) mass is 440 g/mol. The van der Waals surface area contributed by atoms with E-state index >= 15 is 0 Å². The Morgan fingerprint density at radius 3 is 2.52 bits per heavy atom. The number of hydrogen-bond acceptors (Lipinski definition) is 3. The molecule has 1 aliphatic carbocycles. The predicted octanol–water partition coefficient (Wildman–Crippen LogP) is 6.17. The van der Waals surface area contributed by atoms with E-state index in [9.17, 15) is 4.79 Å². The largest absolute Gasteiger partial charge is 0.488 e. The highest BCUT2D eigenvalue weighted by Crippen LogP contribution is 2.34. The highest BCUT2D eigenvalue weighted by Gasteiger charge is 2.28. The van der Waals surface area contributed by atoms with E-state index in [1.807, 2.05) is 36.4 Å². The predicted molar refractivity (Wildman–Crippen MR) is 133 cm³/mol. The summed E-state index contributed by atoms with van der Waals surface area (Å²) in [7, 11) is 0. The zero-order valence-electron chi connectivity index (χ0n) is 19.4. The first-order valence-electron chi connectivity index (χ1n) is 12.2. The van der Waals surface area contributed by atoms with Crippen molar-refractivity contribution < 1.29 is 9.53 Å². The molecule has 2 aromatic carbocycles. The third kappa shape index (κ3) is 5.27. The van der Waals surface area contributed by atoms with Crippen LogP contribution in [0, 0.1) is 18.8 Å². The number of carbonyl (C=O) groups excluding carboxylic acids is 1. The van der Waals surface area contributed by atoms with Gasteiger partial charge in [0.2, 0.25) is 5.91 Å². The fourth-order valence-electron chi connectivity index (χ4n) is 4.64. The molecule has 4 heteroatoms. The highest BCUT2D eigenvalue weighted by atomic mass is 16.5. The van der Waals surface area contributed by atoms with Crippen LogP contribution in [0.5, 0.6) is 5.75 Å². The molecule has 0 atom stereocenters. The van der Waals surface area contributed by atoms with Crippen LogP contribution in [0.1, 0.15) is 48.9 Å². The normalized spacial score (nSPS) is 17.1. The second kappa shape index (κ2) is 9.78. The van der Waals surface area contributed by atoms with Crippen molar-refractivity contribution in [2.24, 2.45) is 11.8 Å². The number of piperidine rings is 1.